The van der Waals surface area contributed by atoms with Gasteiger partial charge in [0.05, 0.1) is 17.6 Å². The summed E-state index contributed by atoms with van der Waals surface area (Å²) in [7, 11) is 0. The number of nitrogens with zero attached hydrogens (tertiary/aromatic N) is 3. The number of fused-ring (bicyclic) bond motifs is 1. The second-order valence-corrected chi connectivity index (χ2v) is 7.17. The molecular formula is C21H23F2N3. The smallest absolute Gasteiger partial charge is 0.270 e. The fourth-order valence-electron chi connectivity index (χ4n) is 3.65. The zero-order valence-corrected chi connectivity index (χ0v) is 15.0. The minimum atomic E-state index is -2.80. The SMILES string of the molecule is CC(F)(F)c1ccc(Cn2c(CN3CCCC3)nc3ccccc32)cc1. The number of para-hydroxylation sites is 2. The van der Waals surface area contributed by atoms with E-state index in [0.29, 0.717) is 6.54 Å². The molecule has 4 rings (SSSR count). The lowest BCUT2D eigenvalue weighted by molar-refractivity contribution is 0.0174. The van der Waals surface area contributed by atoms with E-state index >= 15 is 0 Å². The monoisotopic (exact) mass is 355 g/mol. The molecule has 0 unspecified atom stereocenters. The summed E-state index contributed by atoms with van der Waals surface area (Å²) in [5.74, 6) is -1.76. The zero-order chi connectivity index (χ0) is 18.1. The number of likely N-dealkylation sites (tertiary alicyclic amines) is 1. The van der Waals surface area contributed by atoms with Gasteiger partial charge in [0.25, 0.3) is 5.92 Å². The number of benzene rings is 2. The molecule has 1 fully saturated rings. The molecule has 3 aromatic rings. The van der Waals surface area contributed by atoms with E-state index in [-0.39, 0.29) is 5.56 Å². The van der Waals surface area contributed by atoms with Gasteiger partial charge in [-0.15, -0.1) is 0 Å². The van der Waals surface area contributed by atoms with Gasteiger partial charge in [-0.3, -0.25) is 4.90 Å². The van der Waals surface area contributed by atoms with Gasteiger partial charge in [0, 0.05) is 19.0 Å². The molecule has 26 heavy (non-hydrogen) atoms. The van der Waals surface area contributed by atoms with Crippen molar-refractivity contribution in [2.45, 2.75) is 38.8 Å². The summed E-state index contributed by atoms with van der Waals surface area (Å²) in [6.45, 7) is 4.63. The standard InChI is InChI=1S/C21H23F2N3/c1-21(22,23)17-10-8-16(9-11-17)14-26-19-7-3-2-6-18(19)24-20(26)15-25-12-4-5-13-25/h2-3,6-11H,4-5,12-15H2,1H3. The summed E-state index contributed by atoms with van der Waals surface area (Å²) < 4.78 is 29.1. The average Bonchev–Trinajstić information content (AvgIpc) is 3.24. The summed E-state index contributed by atoms with van der Waals surface area (Å²) in [6.07, 6.45) is 2.49. The number of rotatable bonds is 5. The molecule has 0 spiro atoms. The zero-order valence-electron chi connectivity index (χ0n) is 15.0. The van der Waals surface area contributed by atoms with E-state index in [1.165, 1.54) is 25.0 Å². The van der Waals surface area contributed by atoms with Crippen LogP contribution in [0, 0.1) is 0 Å². The highest BCUT2D eigenvalue weighted by Crippen LogP contribution is 2.27. The number of hydrogen-bond acceptors (Lipinski definition) is 2. The Kier molecular flexibility index (Phi) is 4.49. The van der Waals surface area contributed by atoms with E-state index in [0.717, 1.165) is 49.0 Å². The molecular weight excluding hydrogens is 332 g/mol. The molecule has 0 aliphatic carbocycles. The van der Waals surface area contributed by atoms with E-state index in [2.05, 4.69) is 15.5 Å². The van der Waals surface area contributed by atoms with Crippen molar-refractivity contribution in [2.24, 2.45) is 0 Å². The predicted octanol–water partition coefficient (Wildman–Crippen LogP) is 4.79. The number of alkyl halides is 2. The molecule has 1 saturated heterocycles. The number of aromatic nitrogens is 2. The predicted molar refractivity (Wildman–Crippen MR) is 99.4 cm³/mol. The molecule has 0 bridgehead atoms. The lowest BCUT2D eigenvalue weighted by atomic mass is 10.1. The molecule has 3 nitrogen and oxygen atoms in total. The molecule has 136 valence electrons. The van der Waals surface area contributed by atoms with Crippen LogP contribution < -0.4 is 0 Å². The molecule has 1 aliphatic rings. The van der Waals surface area contributed by atoms with Crippen LogP contribution in [0.1, 0.15) is 36.7 Å². The highest BCUT2D eigenvalue weighted by molar-refractivity contribution is 5.76. The van der Waals surface area contributed by atoms with Crippen molar-refractivity contribution >= 4 is 11.0 Å². The third kappa shape index (κ3) is 3.49. The molecule has 0 radical (unpaired) electrons. The van der Waals surface area contributed by atoms with Gasteiger partial charge in [0.15, 0.2) is 0 Å². The molecule has 2 heterocycles. The van der Waals surface area contributed by atoms with Crippen LogP contribution in [0.15, 0.2) is 48.5 Å². The van der Waals surface area contributed by atoms with Crippen molar-refractivity contribution in [3.63, 3.8) is 0 Å². The molecule has 0 atom stereocenters. The average molecular weight is 355 g/mol. The minimum absolute atomic E-state index is 0.0500. The van der Waals surface area contributed by atoms with E-state index in [4.69, 9.17) is 4.98 Å². The van der Waals surface area contributed by atoms with Gasteiger partial charge < -0.3 is 4.57 Å². The normalized spacial score (nSPS) is 15.8. The largest absolute Gasteiger partial charge is 0.322 e. The minimum Gasteiger partial charge on any atom is -0.322 e. The Hall–Kier alpha value is -2.27. The van der Waals surface area contributed by atoms with Crippen molar-refractivity contribution in [1.29, 1.82) is 0 Å². The maximum atomic E-state index is 13.4. The maximum absolute atomic E-state index is 13.4. The Morgan fingerprint density at radius 1 is 0.962 bits per heavy atom. The summed E-state index contributed by atoms with van der Waals surface area (Å²) >= 11 is 0. The first-order valence-corrected chi connectivity index (χ1v) is 9.14. The summed E-state index contributed by atoms with van der Waals surface area (Å²) in [6, 6.07) is 14.7. The maximum Gasteiger partial charge on any atom is 0.270 e. The summed E-state index contributed by atoms with van der Waals surface area (Å²) in [5, 5.41) is 0. The van der Waals surface area contributed by atoms with E-state index in [1.54, 1.807) is 12.1 Å². The highest BCUT2D eigenvalue weighted by atomic mass is 19.3. The number of halogens is 2. The first-order chi connectivity index (χ1) is 12.5. The Bertz CT molecular complexity index is 888. The van der Waals surface area contributed by atoms with Gasteiger partial charge in [-0.05, 0) is 43.6 Å². The van der Waals surface area contributed by atoms with Gasteiger partial charge in [0.2, 0.25) is 0 Å². The molecule has 1 aromatic heterocycles. The van der Waals surface area contributed by atoms with Crippen molar-refractivity contribution in [1.82, 2.24) is 14.5 Å². The van der Waals surface area contributed by atoms with E-state index < -0.39 is 5.92 Å². The Balaban J connectivity index is 1.65. The summed E-state index contributed by atoms with van der Waals surface area (Å²) in [5.41, 5.74) is 3.13. The van der Waals surface area contributed by atoms with Gasteiger partial charge in [0.1, 0.15) is 5.82 Å². The lowest BCUT2D eigenvalue weighted by Gasteiger charge is -2.16. The Labute approximate surface area is 152 Å². The molecule has 0 saturated carbocycles. The van der Waals surface area contributed by atoms with Crippen LogP contribution in [-0.4, -0.2) is 27.5 Å². The fraction of sp³-hybridized carbons (Fsp3) is 0.381. The molecule has 0 amide bonds. The summed E-state index contributed by atoms with van der Waals surface area (Å²) in [4.78, 5) is 7.26. The van der Waals surface area contributed by atoms with E-state index in [1.807, 2.05) is 18.2 Å². The second-order valence-electron chi connectivity index (χ2n) is 7.17. The van der Waals surface area contributed by atoms with Gasteiger partial charge >= 0.3 is 0 Å². The van der Waals surface area contributed by atoms with Crippen LogP contribution in [0.5, 0.6) is 0 Å². The van der Waals surface area contributed by atoms with Crippen molar-refractivity contribution in [3.05, 3.63) is 65.5 Å². The quantitative estimate of drug-likeness (QED) is 0.656. The second kappa shape index (κ2) is 6.80. The topological polar surface area (TPSA) is 21.1 Å². The van der Waals surface area contributed by atoms with Gasteiger partial charge in [-0.1, -0.05) is 36.4 Å². The van der Waals surface area contributed by atoms with Crippen LogP contribution in [0.4, 0.5) is 8.78 Å². The van der Waals surface area contributed by atoms with Crippen molar-refractivity contribution in [2.75, 3.05) is 13.1 Å². The Morgan fingerprint density at radius 3 is 2.35 bits per heavy atom. The van der Waals surface area contributed by atoms with Crippen LogP contribution in [0.2, 0.25) is 0 Å². The van der Waals surface area contributed by atoms with Crippen molar-refractivity contribution < 1.29 is 8.78 Å². The first kappa shape index (κ1) is 17.2. The van der Waals surface area contributed by atoms with Crippen LogP contribution in [0.25, 0.3) is 11.0 Å². The molecule has 5 heteroatoms. The third-order valence-corrected chi connectivity index (χ3v) is 5.10. The number of imidazole rings is 1. The first-order valence-electron chi connectivity index (χ1n) is 9.14. The van der Waals surface area contributed by atoms with E-state index in [9.17, 15) is 8.78 Å². The van der Waals surface area contributed by atoms with Crippen LogP contribution in [-0.2, 0) is 19.0 Å². The number of hydrogen-bond donors (Lipinski definition) is 0. The van der Waals surface area contributed by atoms with Crippen LogP contribution in [0.3, 0.4) is 0 Å². The van der Waals surface area contributed by atoms with Gasteiger partial charge in [-0.2, -0.15) is 0 Å². The molecule has 2 aromatic carbocycles. The highest BCUT2D eigenvalue weighted by Gasteiger charge is 2.24. The van der Waals surface area contributed by atoms with Crippen molar-refractivity contribution in [3.8, 4) is 0 Å². The third-order valence-electron chi connectivity index (χ3n) is 5.10. The Morgan fingerprint density at radius 2 is 1.65 bits per heavy atom. The molecule has 0 N–H and O–H groups in total. The van der Waals surface area contributed by atoms with Crippen LogP contribution >= 0.6 is 0 Å². The molecule has 1 aliphatic heterocycles. The lowest BCUT2D eigenvalue weighted by Crippen LogP contribution is -2.21. The fourth-order valence-corrected chi connectivity index (χ4v) is 3.65. The van der Waals surface area contributed by atoms with Gasteiger partial charge in [-0.25, -0.2) is 13.8 Å².